The third kappa shape index (κ3) is 6.06. The summed E-state index contributed by atoms with van der Waals surface area (Å²) in [5, 5.41) is 6.23. The number of benzene rings is 2. The minimum Gasteiger partial charge on any atom is -0.484 e. The number of carbonyl (C=O) groups is 1. The Morgan fingerprint density at radius 3 is 2.42 bits per heavy atom. The SMILES string of the molecule is O=C(COc1ccccc1)Nc1ccc(NCCN2CCOCC2)cc1. The van der Waals surface area contributed by atoms with E-state index in [1.54, 1.807) is 0 Å². The van der Waals surface area contributed by atoms with Gasteiger partial charge in [0.25, 0.3) is 5.91 Å². The van der Waals surface area contributed by atoms with E-state index in [0.717, 1.165) is 50.8 Å². The van der Waals surface area contributed by atoms with Gasteiger partial charge < -0.3 is 20.1 Å². The molecule has 3 rings (SSSR count). The highest BCUT2D eigenvalue weighted by atomic mass is 16.5. The molecule has 1 saturated heterocycles. The minimum absolute atomic E-state index is 0.0104. The summed E-state index contributed by atoms with van der Waals surface area (Å²) < 4.78 is 10.8. The third-order valence-electron chi connectivity index (χ3n) is 4.14. The number of amides is 1. The Bertz CT molecular complexity index is 670. The summed E-state index contributed by atoms with van der Waals surface area (Å²) in [6, 6.07) is 17.0. The van der Waals surface area contributed by atoms with E-state index in [1.807, 2.05) is 54.6 Å². The van der Waals surface area contributed by atoms with Crippen molar-refractivity contribution in [2.24, 2.45) is 0 Å². The molecule has 1 amide bonds. The third-order valence-corrected chi connectivity index (χ3v) is 4.14. The van der Waals surface area contributed by atoms with E-state index in [0.29, 0.717) is 5.75 Å². The summed E-state index contributed by atoms with van der Waals surface area (Å²) in [6.45, 7) is 5.51. The zero-order valence-corrected chi connectivity index (χ0v) is 14.8. The molecule has 0 atom stereocenters. The second-order valence-corrected chi connectivity index (χ2v) is 6.11. The minimum atomic E-state index is -0.179. The first kappa shape index (κ1) is 18.2. The number of ether oxygens (including phenoxy) is 2. The van der Waals surface area contributed by atoms with Gasteiger partial charge in [0.05, 0.1) is 13.2 Å². The largest absolute Gasteiger partial charge is 0.484 e. The Morgan fingerprint density at radius 2 is 1.69 bits per heavy atom. The number of hydrogen-bond acceptors (Lipinski definition) is 5. The van der Waals surface area contributed by atoms with Crippen LogP contribution in [0, 0.1) is 0 Å². The van der Waals surface area contributed by atoms with Crippen LogP contribution in [0.25, 0.3) is 0 Å². The van der Waals surface area contributed by atoms with Crippen molar-refractivity contribution < 1.29 is 14.3 Å². The van der Waals surface area contributed by atoms with E-state index in [-0.39, 0.29) is 12.5 Å². The quantitative estimate of drug-likeness (QED) is 0.762. The van der Waals surface area contributed by atoms with Gasteiger partial charge in [0, 0.05) is 37.6 Å². The molecule has 0 spiro atoms. The lowest BCUT2D eigenvalue weighted by Crippen LogP contribution is -2.38. The molecule has 6 nitrogen and oxygen atoms in total. The van der Waals surface area contributed by atoms with E-state index in [9.17, 15) is 4.79 Å². The van der Waals surface area contributed by atoms with Gasteiger partial charge in [-0.05, 0) is 36.4 Å². The van der Waals surface area contributed by atoms with E-state index in [2.05, 4.69) is 15.5 Å². The zero-order chi connectivity index (χ0) is 18.0. The molecule has 1 aliphatic heterocycles. The van der Waals surface area contributed by atoms with Gasteiger partial charge in [-0.25, -0.2) is 0 Å². The molecule has 2 aromatic carbocycles. The predicted molar refractivity (Wildman–Crippen MR) is 103 cm³/mol. The van der Waals surface area contributed by atoms with Crippen LogP contribution < -0.4 is 15.4 Å². The molecule has 1 aliphatic rings. The predicted octanol–water partition coefficient (Wildman–Crippen LogP) is 2.45. The van der Waals surface area contributed by atoms with Crippen molar-refractivity contribution in [2.45, 2.75) is 0 Å². The number of anilines is 2. The summed E-state index contributed by atoms with van der Waals surface area (Å²) in [5.41, 5.74) is 1.79. The van der Waals surface area contributed by atoms with Crippen LogP contribution in [0.4, 0.5) is 11.4 Å². The number of carbonyl (C=O) groups excluding carboxylic acids is 1. The van der Waals surface area contributed by atoms with Crippen molar-refractivity contribution in [1.29, 1.82) is 0 Å². The molecule has 26 heavy (non-hydrogen) atoms. The molecule has 2 aromatic rings. The molecule has 0 radical (unpaired) electrons. The van der Waals surface area contributed by atoms with Crippen LogP contribution in [0.15, 0.2) is 54.6 Å². The molecule has 2 N–H and O–H groups in total. The molecule has 138 valence electrons. The van der Waals surface area contributed by atoms with Crippen LogP contribution in [-0.4, -0.2) is 56.8 Å². The van der Waals surface area contributed by atoms with E-state index >= 15 is 0 Å². The molecule has 6 heteroatoms. The summed E-state index contributed by atoms with van der Waals surface area (Å²) >= 11 is 0. The number of hydrogen-bond donors (Lipinski definition) is 2. The number of nitrogens with one attached hydrogen (secondary N) is 2. The fourth-order valence-electron chi connectivity index (χ4n) is 2.72. The number of rotatable bonds is 8. The molecule has 0 saturated carbocycles. The fraction of sp³-hybridized carbons (Fsp3) is 0.350. The lowest BCUT2D eigenvalue weighted by atomic mass is 10.2. The maximum Gasteiger partial charge on any atom is 0.262 e. The number of para-hydroxylation sites is 1. The summed E-state index contributed by atoms with van der Waals surface area (Å²) in [6.07, 6.45) is 0. The lowest BCUT2D eigenvalue weighted by molar-refractivity contribution is -0.118. The highest BCUT2D eigenvalue weighted by molar-refractivity contribution is 5.92. The van der Waals surface area contributed by atoms with Gasteiger partial charge >= 0.3 is 0 Å². The fourth-order valence-corrected chi connectivity index (χ4v) is 2.72. The van der Waals surface area contributed by atoms with Crippen molar-refractivity contribution >= 4 is 17.3 Å². The first-order valence-electron chi connectivity index (χ1n) is 8.91. The number of nitrogens with zero attached hydrogens (tertiary/aromatic N) is 1. The summed E-state index contributed by atoms with van der Waals surface area (Å²) in [7, 11) is 0. The molecule has 0 aliphatic carbocycles. The Morgan fingerprint density at radius 1 is 1.00 bits per heavy atom. The van der Waals surface area contributed by atoms with Crippen molar-refractivity contribution in [1.82, 2.24) is 4.90 Å². The van der Waals surface area contributed by atoms with Gasteiger partial charge in [-0.1, -0.05) is 18.2 Å². The van der Waals surface area contributed by atoms with Gasteiger partial charge in [0.15, 0.2) is 6.61 Å². The van der Waals surface area contributed by atoms with Crippen molar-refractivity contribution in [2.75, 3.05) is 56.6 Å². The standard InChI is InChI=1S/C20H25N3O3/c24-20(16-26-19-4-2-1-3-5-19)22-18-8-6-17(7-9-18)21-10-11-23-12-14-25-15-13-23/h1-9,21H,10-16H2,(H,22,24). The first-order valence-corrected chi connectivity index (χ1v) is 8.91. The maximum atomic E-state index is 12.0. The van der Waals surface area contributed by atoms with Gasteiger partial charge in [-0.15, -0.1) is 0 Å². The van der Waals surface area contributed by atoms with Gasteiger partial charge in [-0.2, -0.15) is 0 Å². The second kappa shape index (κ2) is 9.79. The van der Waals surface area contributed by atoms with Gasteiger partial charge in [0.2, 0.25) is 0 Å². The Kier molecular flexibility index (Phi) is 6.87. The molecule has 0 unspecified atom stereocenters. The van der Waals surface area contributed by atoms with E-state index in [1.165, 1.54) is 0 Å². The Balaban J connectivity index is 1.37. The Labute approximate surface area is 154 Å². The van der Waals surface area contributed by atoms with E-state index in [4.69, 9.17) is 9.47 Å². The van der Waals surface area contributed by atoms with Crippen LogP contribution >= 0.6 is 0 Å². The molecule has 1 heterocycles. The van der Waals surface area contributed by atoms with Crippen LogP contribution in [0.2, 0.25) is 0 Å². The second-order valence-electron chi connectivity index (χ2n) is 6.11. The average Bonchev–Trinajstić information content (AvgIpc) is 2.69. The monoisotopic (exact) mass is 355 g/mol. The molecule has 0 bridgehead atoms. The van der Waals surface area contributed by atoms with Gasteiger partial charge in [0.1, 0.15) is 5.75 Å². The zero-order valence-electron chi connectivity index (χ0n) is 14.8. The lowest BCUT2D eigenvalue weighted by Gasteiger charge is -2.26. The molecule has 1 fully saturated rings. The maximum absolute atomic E-state index is 12.0. The van der Waals surface area contributed by atoms with Gasteiger partial charge in [-0.3, -0.25) is 9.69 Å². The van der Waals surface area contributed by atoms with Crippen molar-refractivity contribution in [3.63, 3.8) is 0 Å². The average molecular weight is 355 g/mol. The highest BCUT2D eigenvalue weighted by Gasteiger charge is 2.09. The topological polar surface area (TPSA) is 62.8 Å². The highest BCUT2D eigenvalue weighted by Crippen LogP contribution is 2.14. The molecular formula is C20H25N3O3. The van der Waals surface area contributed by atoms with Crippen LogP contribution in [0.1, 0.15) is 0 Å². The summed E-state index contributed by atoms with van der Waals surface area (Å²) in [5.74, 6) is 0.504. The van der Waals surface area contributed by atoms with E-state index < -0.39 is 0 Å². The molecular weight excluding hydrogens is 330 g/mol. The number of morpholine rings is 1. The van der Waals surface area contributed by atoms with Crippen LogP contribution in [0.3, 0.4) is 0 Å². The normalized spacial score (nSPS) is 14.6. The van der Waals surface area contributed by atoms with Crippen LogP contribution in [-0.2, 0) is 9.53 Å². The summed E-state index contributed by atoms with van der Waals surface area (Å²) in [4.78, 5) is 14.3. The first-order chi connectivity index (χ1) is 12.8. The van der Waals surface area contributed by atoms with Crippen molar-refractivity contribution in [3.05, 3.63) is 54.6 Å². The molecule has 0 aromatic heterocycles. The van der Waals surface area contributed by atoms with Crippen LogP contribution in [0.5, 0.6) is 5.75 Å². The van der Waals surface area contributed by atoms with Crippen molar-refractivity contribution in [3.8, 4) is 5.75 Å². The Hall–Kier alpha value is -2.57. The smallest absolute Gasteiger partial charge is 0.262 e.